The van der Waals surface area contributed by atoms with E-state index in [1.165, 1.54) is 6.92 Å². The van der Waals surface area contributed by atoms with Crippen LogP contribution in [0.4, 0.5) is 33.6 Å². The second-order valence-corrected chi connectivity index (χ2v) is 13.6. The molecule has 1 aromatic carbocycles. The molecule has 240 valence electrons. The van der Waals surface area contributed by atoms with Crippen LogP contribution in [-0.2, 0) is 6.18 Å². The van der Waals surface area contributed by atoms with Crippen LogP contribution in [0.3, 0.4) is 0 Å². The maximum Gasteiger partial charge on any atom is 0.418 e. The zero-order valence-corrected chi connectivity index (χ0v) is 25.1. The van der Waals surface area contributed by atoms with E-state index in [0.717, 1.165) is 51.1 Å². The van der Waals surface area contributed by atoms with Crippen LogP contribution in [0.15, 0.2) is 12.1 Å². The molecule has 2 aromatic heterocycles. The zero-order chi connectivity index (χ0) is 31.2. The second kappa shape index (κ2) is 10.3. The van der Waals surface area contributed by atoms with E-state index < -0.39 is 35.0 Å². The Labute approximate surface area is 257 Å². The van der Waals surface area contributed by atoms with Crippen molar-refractivity contribution in [2.24, 2.45) is 0 Å². The Bertz CT molecular complexity index is 1670. The standard InChI is InChI=1S/C32H36F5N7O/c1-16-9-23(38)40-28(25(16)32(35,36)37)24-21(17-3-4-17)10-22-27(26(24)34)41-30(42-29(22)43-13-19-5-6-20(14-43)39-19)45-15-31-7-2-8-44(31)12-18(33)11-31/h9-10,17-20,39H,2-8,11-15H2,1H3,(H2,38,40)/t18-,19?,20?,31+/m1/s1. The van der Waals surface area contributed by atoms with Gasteiger partial charge in [0.25, 0.3) is 0 Å². The van der Waals surface area contributed by atoms with Crippen LogP contribution in [0, 0.1) is 12.7 Å². The van der Waals surface area contributed by atoms with Gasteiger partial charge in [-0.05, 0) is 81.2 Å². The third-order valence-corrected chi connectivity index (χ3v) is 10.4. The molecular formula is C32H36F5N7O. The van der Waals surface area contributed by atoms with Crippen LogP contribution in [0.1, 0.15) is 67.6 Å². The number of aryl methyl sites for hydroxylation is 1. The maximum atomic E-state index is 17.1. The molecule has 5 fully saturated rings. The third-order valence-electron chi connectivity index (χ3n) is 10.4. The molecule has 3 N–H and O–H groups in total. The number of nitrogens with one attached hydrogen (secondary N) is 1. The summed E-state index contributed by atoms with van der Waals surface area (Å²) in [5.41, 5.74) is 3.93. The zero-order valence-electron chi connectivity index (χ0n) is 25.1. The van der Waals surface area contributed by atoms with Crippen LogP contribution in [0.2, 0.25) is 0 Å². The Morgan fingerprint density at radius 1 is 1.07 bits per heavy atom. The molecule has 4 saturated heterocycles. The molecular weight excluding hydrogens is 593 g/mol. The first-order chi connectivity index (χ1) is 21.5. The predicted octanol–water partition coefficient (Wildman–Crippen LogP) is 5.51. The quantitative estimate of drug-likeness (QED) is 0.345. The lowest BCUT2D eigenvalue weighted by Crippen LogP contribution is -2.51. The SMILES string of the molecule is Cc1cc(N)nc(-c2c(C3CC3)cc3c(N4CC5CCC(C4)N5)nc(OC[C@@]45CCCN4C[C@H](F)C5)nc3c2F)c1C(F)(F)F. The average Bonchev–Trinajstić information content (AvgIpc) is 3.57. The lowest BCUT2D eigenvalue weighted by atomic mass is 9.92. The first kappa shape index (κ1) is 29.1. The van der Waals surface area contributed by atoms with Gasteiger partial charge in [-0.3, -0.25) is 4.90 Å². The molecule has 13 heteroatoms. The van der Waals surface area contributed by atoms with Gasteiger partial charge in [0, 0.05) is 49.1 Å². The van der Waals surface area contributed by atoms with Crippen molar-refractivity contribution in [3.05, 3.63) is 34.6 Å². The van der Waals surface area contributed by atoms with Gasteiger partial charge in [0.05, 0.1) is 16.8 Å². The molecule has 4 atom stereocenters. The molecule has 8 rings (SSSR count). The lowest BCUT2D eigenvalue weighted by Gasteiger charge is -2.35. The normalized spacial score (nSPS) is 28.3. The molecule has 3 aromatic rings. The number of hydrogen-bond donors (Lipinski definition) is 2. The molecule has 1 aliphatic carbocycles. The van der Waals surface area contributed by atoms with Gasteiger partial charge < -0.3 is 20.7 Å². The van der Waals surface area contributed by atoms with Crippen molar-refractivity contribution in [3.63, 3.8) is 0 Å². The molecule has 2 unspecified atom stereocenters. The number of nitrogens with two attached hydrogens (primary N) is 1. The van der Waals surface area contributed by atoms with Gasteiger partial charge in [-0.2, -0.15) is 23.1 Å². The molecule has 8 nitrogen and oxygen atoms in total. The summed E-state index contributed by atoms with van der Waals surface area (Å²) >= 11 is 0. The molecule has 0 spiro atoms. The van der Waals surface area contributed by atoms with Crippen molar-refractivity contribution in [3.8, 4) is 17.3 Å². The Balaban J connectivity index is 1.31. The van der Waals surface area contributed by atoms with Crippen LogP contribution < -0.4 is 20.7 Å². The van der Waals surface area contributed by atoms with Gasteiger partial charge in [0.1, 0.15) is 29.9 Å². The van der Waals surface area contributed by atoms with E-state index in [4.69, 9.17) is 15.5 Å². The summed E-state index contributed by atoms with van der Waals surface area (Å²) in [5, 5.41) is 4.03. The summed E-state index contributed by atoms with van der Waals surface area (Å²) < 4.78 is 81.1. The fraction of sp³-hybridized carbons (Fsp3) is 0.594. The van der Waals surface area contributed by atoms with E-state index in [1.807, 2.05) is 0 Å². The second-order valence-electron chi connectivity index (χ2n) is 13.6. The maximum absolute atomic E-state index is 17.1. The fourth-order valence-corrected chi connectivity index (χ4v) is 8.33. The summed E-state index contributed by atoms with van der Waals surface area (Å²) in [4.78, 5) is 17.7. The van der Waals surface area contributed by atoms with Crippen molar-refractivity contribution in [2.75, 3.05) is 43.4 Å². The van der Waals surface area contributed by atoms with Crippen LogP contribution in [-0.4, -0.2) is 76.4 Å². The van der Waals surface area contributed by atoms with Gasteiger partial charge in [0.2, 0.25) is 0 Å². The summed E-state index contributed by atoms with van der Waals surface area (Å²) in [6.45, 7) is 3.90. The highest BCUT2D eigenvalue weighted by molar-refractivity contribution is 5.95. The largest absolute Gasteiger partial charge is 0.461 e. The number of pyridine rings is 1. The molecule has 6 heterocycles. The fourth-order valence-electron chi connectivity index (χ4n) is 8.33. The number of ether oxygens (including phenoxy) is 1. The average molecular weight is 630 g/mol. The molecule has 0 radical (unpaired) electrons. The van der Waals surface area contributed by atoms with Crippen molar-refractivity contribution >= 4 is 22.5 Å². The number of anilines is 2. The van der Waals surface area contributed by atoms with E-state index in [2.05, 4.69) is 25.1 Å². The summed E-state index contributed by atoms with van der Waals surface area (Å²) in [5.74, 6) is -0.628. The van der Waals surface area contributed by atoms with Crippen LogP contribution >= 0.6 is 0 Å². The summed E-state index contributed by atoms with van der Waals surface area (Å²) in [7, 11) is 0. The Kier molecular flexibility index (Phi) is 6.69. The number of aromatic nitrogens is 3. The van der Waals surface area contributed by atoms with Crippen molar-refractivity contribution < 1.29 is 26.7 Å². The van der Waals surface area contributed by atoms with E-state index >= 15 is 4.39 Å². The number of benzene rings is 1. The third kappa shape index (κ3) is 4.97. The number of rotatable bonds is 6. The number of nitrogen functional groups attached to an aromatic ring is 1. The van der Waals surface area contributed by atoms with Crippen LogP contribution in [0.25, 0.3) is 22.2 Å². The molecule has 4 aliphatic heterocycles. The van der Waals surface area contributed by atoms with Gasteiger partial charge in [0.15, 0.2) is 5.82 Å². The van der Waals surface area contributed by atoms with Gasteiger partial charge in [-0.1, -0.05) is 0 Å². The monoisotopic (exact) mass is 629 g/mol. The number of nitrogens with zero attached hydrogens (tertiary/aromatic N) is 5. The minimum atomic E-state index is -4.78. The minimum absolute atomic E-state index is 0.0660. The van der Waals surface area contributed by atoms with Crippen LogP contribution in [0.5, 0.6) is 6.01 Å². The van der Waals surface area contributed by atoms with E-state index in [1.54, 1.807) is 6.07 Å². The Morgan fingerprint density at radius 2 is 1.82 bits per heavy atom. The smallest absolute Gasteiger partial charge is 0.418 e. The highest BCUT2D eigenvalue weighted by Crippen LogP contribution is 2.50. The minimum Gasteiger partial charge on any atom is -0.461 e. The topological polar surface area (TPSA) is 92.4 Å². The molecule has 45 heavy (non-hydrogen) atoms. The summed E-state index contributed by atoms with van der Waals surface area (Å²) in [6, 6.07) is 3.36. The highest BCUT2D eigenvalue weighted by atomic mass is 19.4. The van der Waals surface area contributed by atoms with E-state index in [0.29, 0.717) is 42.8 Å². The van der Waals surface area contributed by atoms with E-state index in [-0.39, 0.29) is 53.1 Å². The predicted molar refractivity (Wildman–Crippen MR) is 160 cm³/mol. The number of alkyl halides is 4. The first-order valence-electron chi connectivity index (χ1n) is 15.9. The van der Waals surface area contributed by atoms with Crippen molar-refractivity contribution in [1.82, 2.24) is 25.2 Å². The summed E-state index contributed by atoms with van der Waals surface area (Å²) in [6.07, 6.45) is -0.192. The number of hydrogen-bond acceptors (Lipinski definition) is 8. The molecule has 0 amide bonds. The van der Waals surface area contributed by atoms with Crippen molar-refractivity contribution in [1.29, 1.82) is 0 Å². The van der Waals surface area contributed by atoms with Crippen molar-refractivity contribution in [2.45, 2.75) is 87.8 Å². The lowest BCUT2D eigenvalue weighted by molar-refractivity contribution is -0.137. The van der Waals surface area contributed by atoms with E-state index in [9.17, 15) is 17.6 Å². The first-order valence-corrected chi connectivity index (χ1v) is 15.9. The Morgan fingerprint density at radius 3 is 2.53 bits per heavy atom. The molecule has 2 bridgehead atoms. The van der Waals surface area contributed by atoms with Gasteiger partial charge in [-0.15, -0.1) is 0 Å². The number of piperazine rings is 1. The number of halogens is 5. The highest BCUT2D eigenvalue weighted by Gasteiger charge is 2.49. The Hall–Kier alpha value is -3.32. The number of fused-ring (bicyclic) bond motifs is 4. The van der Waals surface area contributed by atoms with Gasteiger partial charge in [-0.25, -0.2) is 13.8 Å². The van der Waals surface area contributed by atoms with Gasteiger partial charge >= 0.3 is 12.2 Å². The molecule has 1 saturated carbocycles. The molecule has 5 aliphatic rings.